The Bertz CT molecular complexity index is 427. The quantitative estimate of drug-likeness (QED) is 0.454. The minimum atomic E-state index is -0.469. The standard InChI is InChI=1S/C14H19BrO3/c1-5-17-9-18-14(3,4)12-7-6-11(10(2)16)8-13(12)15/h6-8H,5,9H2,1-4H3. The summed E-state index contributed by atoms with van der Waals surface area (Å²) in [5, 5.41) is 0. The first-order valence-corrected chi connectivity index (χ1v) is 6.70. The van der Waals surface area contributed by atoms with Crippen molar-refractivity contribution in [3.8, 4) is 0 Å². The second kappa shape index (κ2) is 6.45. The van der Waals surface area contributed by atoms with E-state index in [1.807, 2.05) is 39.0 Å². The van der Waals surface area contributed by atoms with Crippen LogP contribution in [0.2, 0.25) is 0 Å². The van der Waals surface area contributed by atoms with Gasteiger partial charge in [0.05, 0.1) is 5.60 Å². The Hall–Kier alpha value is -0.710. The third-order valence-electron chi connectivity index (χ3n) is 2.73. The predicted molar refractivity (Wildman–Crippen MR) is 74.8 cm³/mol. The van der Waals surface area contributed by atoms with Crippen molar-refractivity contribution in [2.24, 2.45) is 0 Å². The van der Waals surface area contributed by atoms with Crippen LogP contribution in [0, 0.1) is 0 Å². The zero-order chi connectivity index (χ0) is 13.8. The molecule has 0 aromatic heterocycles. The molecule has 1 rings (SSSR count). The SMILES string of the molecule is CCOCOC(C)(C)c1ccc(C(C)=O)cc1Br. The molecular weight excluding hydrogens is 296 g/mol. The topological polar surface area (TPSA) is 35.5 Å². The summed E-state index contributed by atoms with van der Waals surface area (Å²) in [6.45, 7) is 8.30. The van der Waals surface area contributed by atoms with Crippen molar-refractivity contribution in [2.75, 3.05) is 13.4 Å². The molecule has 100 valence electrons. The van der Waals surface area contributed by atoms with Crippen LogP contribution in [0.4, 0.5) is 0 Å². The summed E-state index contributed by atoms with van der Waals surface area (Å²) in [6, 6.07) is 5.55. The highest BCUT2D eigenvalue weighted by molar-refractivity contribution is 9.10. The van der Waals surface area contributed by atoms with E-state index in [-0.39, 0.29) is 12.6 Å². The lowest BCUT2D eigenvalue weighted by atomic mass is 9.96. The number of halogens is 1. The van der Waals surface area contributed by atoms with Gasteiger partial charge in [-0.1, -0.05) is 28.1 Å². The predicted octanol–water partition coefficient (Wildman–Crippen LogP) is 3.90. The van der Waals surface area contributed by atoms with Gasteiger partial charge < -0.3 is 9.47 Å². The highest BCUT2D eigenvalue weighted by atomic mass is 79.9. The monoisotopic (exact) mass is 314 g/mol. The van der Waals surface area contributed by atoms with E-state index in [0.29, 0.717) is 12.2 Å². The van der Waals surface area contributed by atoms with Crippen LogP contribution in [0.25, 0.3) is 0 Å². The van der Waals surface area contributed by atoms with Crippen LogP contribution in [0.3, 0.4) is 0 Å². The fourth-order valence-corrected chi connectivity index (χ4v) is 2.43. The van der Waals surface area contributed by atoms with Gasteiger partial charge in [-0.2, -0.15) is 0 Å². The van der Waals surface area contributed by atoms with Gasteiger partial charge in [-0.05, 0) is 39.3 Å². The molecule has 1 aromatic rings. The lowest BCUT2D eigenvalue weighted by Crippen LogP contribution is -2.24. The summed E-state index contributed by atoms with van der Waals surface area (Å²) in [6.07, 6.45) is 0. The van der Waals surface area contributed by atoms with Gasteiger partial charge >= 0.3 is 0 Å². The van der Waals surface area contributed by atoms with Crippen LogP contribution >= 0.6 is 15.9 Å². The largest absolute Gasteiger partial charge is 0.356 e. The van der Waals surface area contributed by atoms with E-state index in [2.05, 4.69) is 15.9 Å². The van der Waals surface area contributed by atoms with Gasteiger partial charge in [0.1, 0.15) is 6.79 Å². The van der Waals surface area contributed by atoms with E-state index < -0.39 is 5.60 Å². The molecule has 0 spiro atoms. The average molecular weight is 315 g/mol. The van der Waals surface area contributed by atoms with Gasteiger partial charge in [-0.3, -0.25) is 4.79 Å². The normalized spacial score (nSPS) is 11.6. The smallest absolute Gasteiger partial charge is 0.159 e. The number of Topliss-reactive ketones (excluding diaryl/α,β-unsaturated/α-hetero) is 1. The molecule has 3 nitrogen and oxygen atoms in total. The Morgan fingerprint density at radius 2 is 2.06 bits per heavy atom. The number of hydrogen-bond acceptors (Lipinski definition) is 3. The molecule has 0 aliphatic heterocycles. The highest BCUT2D eigenvalue weighted by Crippen LogP contribution is 2.32. The summed E-state index contributed by atoms with van der Waals surface area (Å²) in [5.41, 5.74) is 1.21. The Balaban J connectivity index is 2.91. The van der Waals surface area contributed by atoms with Gasteiger partial charge in [-0.15, -0.1) is 0 Å². The van der Waals surface area contributed by atoms with Crippen LogP contribution < -0.4 is 0 Å². The van der Waals surface area contributed by atoms with Gasteiger partial charge in [0.2, 0.25) is 0 Å². The molecule has 1 aromatic carbocycles. The fourth-order valence-electron chi connectivity index (χ4n) is 1.57. The zero-order valence-electron chi connectivity index (χ0n) is 11.2. The van der Waals surface area contributed by atoms with Crippen molar-refractivity contribution < 1.29 is 14.3 Å². The molecular formula is C14H19BrO3. The summed E-state index contributed by atoms with van der Waals surface area (Å²) >= 11 is 3.49. The van der Waals surface area contributed by atoms with E-state index in [1.165, 1.54) is 0 Å². The van der Waals surface area contributed by atoms with Gasteiger partial charge in [-0.25, -0.2) is 0 Å². The molecule has 0 aliphatic rings. The minimum Gasteiger partial charge on any atom is -0.356 e. The van der Waals surface area contributed by atoms with Crippen molar-refractivity contribution in [1.82, 2.24) is 0 Å². The lowest BCUT2D eigenvalue weighted by Gasteiger charge is -2.27. The number of ketones is 1. The molecule has 0 heterocycles. The third-order valence-corrected chi connectivity index (χ3v) is 3.39. The molecule has 0 saturated heterocycles. The first kappa shape index (κ1) is 15.3. The third kappa shape index (κ3) is 3.90. The van der Waals surface area contributed by atoms with Crippen molar-refractivity contribution in [2.45, 2.75) is 33.3 Å². The number of carbonyl (C=O) groups excluding carboxylic acids is 1. The van der Waals surface area contributed by atoms with Gasteiger partial charge in [0.25, 0.3) is 0 Å². The molecule has 0 radical (unpaired) electrons. The fraction of sp³-hybridized carbons (Fsp3) is 0.500. The first-order valence-electron chi connectivity index (χ1n) is 5.91. The highest BCUT2D eigenvalue weighted by Gasteiger charge is 2.24. The van der Waals surface area contributed by atoms with Crippen LogP contribution in [-0.2, 0) is 15.1 Å². The Morgan fingerprint density at radius 3 is 2.56 bits per heavy atom. The number of benzene rings is 1. The van der Waals surface area contributed by atoms with Crippen molar-refractivity contribution in [1.29, 1.82) is 0 Å². The molecule has 0 unspecified atom stereocenters. The molecule has 18 heavy (non-hydrogen) atoms. The minimum absolute atomic E-state index is 0.0512. The van der Waals surface area contributed by atoms with Crippen LogP contribution in [0.5, 0.6) is 0 Å². The number of carbonyl (C=O) groups is 1. The van der Waals surface area contributed by atoms with E-state index in [9.17, 15) is 4.79 Å². The van der Waals surface area contributed by atoms with Crippen molar-refractivity contribution in [3.05, 3.63) is 33.8 Å². The Morgan fingerprint density at radius 1 is 1.39 bits per heavy atom. The van der Waals surface area contributed by atoms with Crippen LogP contribution in [0.1, 0.15) is 43.6 Å². The maximum absolute atomic E-state index is 11.3. The number of ether oxygens (including phenoxy) is 2. The maximum atomic E-state index is 11.3. The molecule has 0 amide bonds. The summed E-state index contributed by atoms with van der Waals surface area (Å²) < 4.78 is 11.8. The summed E-state index contributed by atoms with van der Waals surface area (Å²) in [7, 11) is 0. The lowest BCUT2D eigenvalue weighted by molar-refractivity contribution is -0.129. The number of hydrogen-bond donors (Lipinski definition) is 0. The molecule has 4 heteroatoms. The molecule has 0 N–H and O–H groups in total. The van der Waals surface area contributed by atoms with Crippen molar-refractivity contribution in [3.63, 3.8) is 0 Å². The van der Waals surface area contributed by atoms with Gasteiger partial charge in [0, 0.05) is 16.6 Å². The average Bonchev–Trinajstić information content (AvgIpc) is 2.28. The first-order chi connectivity index (χ1) is 8.38. The second-order valence-corrected chi connectivity index (χ2v) is 5.37. The molecule has 0 fully saturated rings. The van der Waals surface area contributed by atoms with E-state index >= 15 is 0 Å². The molecule has 0 atom stereocenters. The van der Waals surface area contributed by atoms with E-state index in [4.69, 9.17) is 9.47 Å². The van der Waals surface area contributed by atoms with Crippen molar-refractivity contribution >= 4 is 21.7 Å². The van der Waals surface area contributed by atoms with E-state index in [0.717, 1.165) is 10.0 Å². The molecule has 0 saturated carbocycles. The van der Waals surface area contributed by atoms with E-state index in [1.54, 1.807) is 6.92 Å². The zero-order valence-corrected chi connectivity index (χ0v) is 12.8. The van der Waals surface area contributed by atoms with Gasteiger partial charge in [0.15, 0.2) is 5.78 Å². The molecule has 0 bridgehead atoms. The molecule has 0 aliphatic carbocycles. The second-order valence-electron chi connectivity index (χ2n) is 4.52. The summed E-state index contributed by atoms with van der Waals surface area (Å²) in [5.74, 6) is 0.0512. The van der Waals surface area contributed by atoms with Crippen LogP contribution in [0.15, 0.2) is 22.7 Å². The van der Waals surface area contributed by atoms with Crippen LogP contribution in [-0.4, -0.2) is 19.2 Å². The Labute approximate surface area is 117 Å². The maximum Gasteiger partial charge on any atom is 0.159 e. The Kier molecular flexibility index (Phi) is 5.50. The summed E-state index contributed by atoms with van der Waals surface area (Å²) in [4.78, 5) is 11.3. The number of rotatable bonds is 6.